The van der Waals surface area contributed by atoms with Crippen LogP contribution in [0, 0.1) is 41.8 Å². The monoisotopic (exact) mass is 292 g/mol. The molecule has 4 nitrogen and oxygen atoms in total. The van der Waals surface area contributed by atoms with E-state index in [-0.39, 0.29) is 11.9 Å². The Labute approximate surface area is 127 Å². The van der Waals surface area contributed by atoms with Crippen molar-refractivity contribution in [1.29, 1.82) is 0 Å². The van der Waals surface area contributed by atoms with E-state index in [1.807, 2.05) is 6.92 Å². The fourth-order valence-corrected chi connectivity index (χ4v) is 2.87. The maximum absolute atomic E-state index is 12.0. The molecule has 4 heteroatoms. The predicted molar refractivity (Wildman–Crippen MR) is 79.8 cm³/mol. The van der Waals surface area contributed by atoms with Crippen molar-refractivity contribution in [2.75, 3.05) is 20.8 Å². The van der Waals surface area contributed by atoms with Crippen LogP contribution in [-0.2, 0) is 19.0 Å². The third-order valence-corrected chi connectivity index (χ3v) is 3.65. The molecule has 0 aromatic heterocycles. The summed E-state index contributed by atoms with van der Waals surface area (Å²) < 4.78 is 14.7. The number of rotatable bonds is 4. The van der Waals surface area contributed by atoms with Crippen molar-refractivity contribution < 1.29 is 19.0 Å². The summed E-state index contributed by atoms with van der Waals surface area (Å²) in [7, 11) is 3.11. The quantitative estimate of drug-likeness (QED) is 0.590. The second-order valence-electron chi connectivity index (χ2n) is 5.26. The minimum Gasteiger partial charge on any atom is -0.466 e. The molecular weight excluding hydrogens is 268 g/mol. The molecule has 0 radical (unpaired) electrons. The van der Waals surface area contributed by atoms with Crippen molar-refractivity contribution in [2.24, 2.45) is 17.8 Å². The van der Waals surface area contributed by atoms with E-state index in [1.54, 1.807) is 14.2 Å². The Morgan fingerprint density at radius 3 is 1.95 bits per heavy atom. The summed E-state index contributed by atoms with van der Waals surface area (Å²) in [6.45, 7) is 2.27. The van der Waals surface area contributed by atoms with E-state index in [4.69, 9.17) is 14.2 Å². The normalized spacial score (nSPS) is 23.9. The summed E-state index contributed by atoms with van der Waals surface area (Å²) >= 11 is 0. The van der Waals surface area contributed by atoms with Crippen LogP contribution in [0.1, 0.15) is 39.0 Å². The maximum Gasteiger partial charge on any atom is 0.308 e. The highest BCUT2D eigenvalue weighted by Crippen LogP contribution is 2.37. The number of hydrogen-bond acceptors (Lipinski definition) is 4. The molecule has 0 saturated heterocycles. The molecule has 0 amide bonds. The van der Waals surface area contributed by atoms with Crippen molar-refractivity contribution in [3.8, 4) is 24.1 Å². The first kappa shape index (κ1) is 17.2. The Morgan fingerprint density at radius 2 is 1.52 bits per heavy atom. The molecule has 0 aromatic carbocycles. The summed E-state index contributed by atoms with van der Waals surface area (Å²) in [5.74, 6) is 6.65. The largest absolute Gasteiger partial charge is 0.466 e. The third-order valence-electron chi connectivity index (χ3n) is 3.65. The van der Waals surface area contributed by atoms with Gasteiger partial charge in [-0.15, -0.1) is 0 Å². The van der Waals surface area contributed by atoms with Gasteiger partial charge in [0.25, 0.3) is 0 Å². The Hall–Kier alpha value is -1.81. The van der Waals surface area contributed by atoms with Crippen LogP contribution < -0.4 is 0 Å². The highest BCUT2D eigenvalue weighted by Gasteiger charge is 2.33. The van der Waals surface area contributed by atoms with Crippen LogP contribution in [-0.4, -0.2) is 26.8 Å². The third kappa shape index (κ3) is 6.45. The fourth-order valence-electron chi connectivity index (χ4n) is 2.87. The molecule has 1 fully saturated rings. The molecule has 0 heterocycles. The summed E-state index contributed by atoms with van der Waals surface area (Å²) in [5, 5.41) is 0. The summed E-state index contributed by atoms with van der Waals surface area (Å²) in [4.78, 5) is 12.0. The molecule has 0 aliphatic heterocycles. The first-order chi connectivity index (χ1) is 10.2. The van der Waals surface area contributed by atoms with Crippen LogP contribution >= 0.6 is 0 Å². The van der Waals surface area contributed by atoms with Gasteiger partial charge in [0.15, 0.2) is 0 Å². The summed E-state index contributed by atoms with van der Waals surface area (Å²) in [6, 6.07) is 0. The van der Waals surface area contributed by atoms with E-state index in [1.165, 1.54) is 0 Å². The Morgan fingerprint density at radius 1 is 1.00 bits per heavy atom. The lowest BCUT2D eigenvalue weighted by Crippen LogP contribution is -2.29. The molecule has 0 N–H and O–H groups in total. The number of ether oxygens (including phenoxy) is 3. The van der Waals surface area contributed by atoms with Gasteiger partial charge in [0.1, 0.15) is 12.2 Å². The van der Waals surface area contributed by atoms with E-state index in [0.717, 1.165) is 32.1 Å². The molecule has 1 aliphatic rings. The standard InChI is InChI=1S/C17H24O4/c1-4-21-17(18)16-12-14(7-5-9-19-2)11-15(13-16)8-6-10-20-3/h14-16H,4,7-8,11-13H2,1-3H3. The highest BCUT2D eigenvalue weighted by atomic mass is 16.5. The first-order valence-electron chi connectivity index (χ1n) is 7.39. The van der Waals surface area contributed by atoms with Gasteiger partial charge < -0.3 is 14.2 Å². The van der Waals surface area contributed by atoms with Gasteiger partial charge in [0.2, 0.25) is 0 Å². The van der Waals surface area contributed by atoms with Crippen molar-refractivity contribution in [1.82, 2.24) is 0 Å². The van der Waals surface area contributed by atoms with Gasteiger partial charge in [-0.3, -0.25) is 4.79 Å². The molecule has 1 aliphatic carbocycles. The molecule has 1 rings (SSSR count). The van der Waals surface area contributed by atoms with Crippen LogP contribution in [0.3, 0.4) is 0 Å². The zero-order chi connectivity index (χ0) is 15.5. The molecule has 1 saturated carbocycles. The summed E-state index contributed by atoms with van der Waals surface area (Å²) in [5.41, 5.74) is 0. The number of carbonyl (C=O) groups is 1. The van der Waals surface area contributed by atoms with Crippen molar-refractivity contribution >= 4 is 5.97 Å². The van der Waals surface area contributed by atoms with E-state index >= 15 is 0 Å². The number of methoxy groups -OCH3 is 2. The topological polar surface area (TPSA) is 44.8 Å². The van der Waals surface area contributed by atoms with Crippen molar-refractivity contribution in [2.45, 2.75) is 39.0 Å². The minimum atomic E-state index is -0.0911. The second kappa shape index (κ2) is 10.00. The van der Waals surface area contributed by atoms with Crippen LogP contribution in [0.5, 0.6) is 0 Å². The molecule has 21 heavy (non-hydrogen) atoms. The highest BCUT2D eigenvalue weighted by molar-refractivity contribution is 5.72. The first-order valence-corrected chi connectivity index (χ1v) is 7.39. The molecule has 0 bridgehead atoms. The number of esters is 1. The van der Waals surface area contributed by atoms with Gasteiger partial charge in [-0.2, -0.15) is 0 Å². The molecule has 2 unspecified atom stereocenters. The number of carbonyl (C=O) groups excluding carboxylic acids is 1. The van der Waals surface area contributed by atoms with E-state index in [2.05, 4.69) is 24.1 Å². The van der Waals surface area contributed by atoms with Crippen LogP contribution in [0.2, 0.25) is 0 Å². The lowest BCUT2D eigenvalue weighted by atomic mass is 9.73. The van der Waals surface area contributed by atoms with Crippen molar-refractivity contribution in [3.05, 3.63) is 0 Å². The maximum atomic E-state index is 12.0. The van der Waals surface area contributed by atoms with E-state index in [0.29, 0.717) is 18.4 Å². The molecule has 2 atom stereocenters. The van der Waals surface area contributed by atoms with E-state index in [9.17, 15) is 4.79 Å². The van der Waals surface area contributed by atoms with Crippen LogP contribution in [0.15, 0.2) is 0 Å². The molecular formula is C17H24O4. The molecule has 0 spiro atoms. The SMILES string of the molecule is CCOC(=O)C1CC(CC#COC)CC(CC#COC)C1. The zero-order valence-corrected chi connectivity index (χ0v) is 13.1. The smallest absolute Gasteiger partial charge is 0.308 e. The van der Waals surface area contributed by atoms with Gasteiger partial charge in [0.05, 0.1) is 26.7 Å². The van der Waals surface area contributed by atoms with Gasteiger partial charge in [-0.25, -0.2) is 0 Å². The van der Waals surface area contributed by atoms with Gasteiger partial charge >= 0.3 is 5.97 Å². The average Bonchev–Trinajstić information content (AvgIpc) is 2.48. The summed E-state index contributed by atoms with van der Waals surface area (Å²) in [6.07, 6.45) is 9.44. The van der Waals surface area contributed by atoms with Gasteiger partial charge in [-0.1, -0.05) is 11.8 Å². The average molecular weight is 292 g/mol. The lowest BCUT2D eigenvalue weighted by Gasteiger charge is -2.32. The van der Waals surface area contributed by atoms with Gasteiger partial charge in [0, 0.05) is 12.8 Å². The Bertz CT molecular complexity index is 403. The minimum absolute atomic E-state index is 0.0395. The molecule has 0 aromatic rings. The van der Waals surface area contributed by atoms with Gasteiger partial charge in [-0.05, 0) is 38.0 Å². The predicted octanol–water partition coefficient (Wildman–Crippen LogP) is 2.58. The second-order valence-corrected chi connectivity index (χ2v) is 5.26. The number of hydrogen-bond donors (Lipinski definition) is 0. The van der Waals surface area contributed by atoms with E-state index < -0.39 is 0 Å². The zero-order valence-electron chi connectivity index (χ0n) is 13.1. The van der Waals surface area contributed by atoms with Crippen LogP contribution in [0.25, 0.3) is 0 Å². The van der Waals surface area contributed by atoms with Crippen molar-refractivity contribution in [3.63, 3.8) is 0 Å². The van der Waals surface area contributed by atoms with Crippen LogP contribution in [0.4, 0.5) is 0 Å². The Balaban J connectivity index is 2.65. The lowest BCUT2D eigenvalue weighted by molar-refractivity contribution is -0.150. The Kier molecular flexibility index (Phi) is 8.21. The fraction of sp³-hybridized carbons (Fsp3) is 0.706. The molecule has 116 valence electrons.